The van der Waals surface area contributed by atoms with Crippen molar-refractivity contribution in [1.29, 1.82) is 0 Å². The van der Waals surface area contributed by atoms with Crippen LogP contribution in [0.3, 0.4) is 0 Å². The van der Waals surface area contributed by atoms with Crippen molar-refractivity contribution in [3.05, 3.63) is 0 Å². The van der Waals surface area contributed by atoms with Gasteiger partial charge in [-0.15, -0.1) is 0 Å². The van der Waals surface area contributed by atoms with E-state index in [1.807, 2.05) is 6.92 Å². The fraction of sp³-hybridized carbons (Fsp3) is 0.750. The lowest BCUT2D eigenvalue weighted by Gasteiger charge is -2.16. The normalized spacial score (nSPS) is 15.8. The van der Waals surface area contributed by atoms with Gasteiger partial charge in [-0.2, -0.15) is 4.37 Å². The van der Waals surface area contributed by atoms with Gasteiger partial charge < -0.3 is 16.0 Å². The van der Waals surface area contributed by atoms with Crippen LogP contribution in [0.1, 0.15) is 26.2 Å². The second-order valence-electron chi connectivity index (χ2n) is 5.18. The number of nitrogens with one attached hydrogen (secondary N) is 1. The highest BCUT2D eigenvalue weighted by Gasteiger charge is 2.27. The van der Waals surface area contributed by atoms with Crippen molar-refractivity contribution in [2.24, 2.45) is 0 Å². The Balaban J connectivity index is 2.01. The fourth-order valence-electron chi connectivity index (χ4n) is 2.12. The molecular weight excluding hydrogens is 296 g/mol. The van der Waals surface area contributed by atoms with E-state index in [4.69, 9.17) is 5.73 Å². The van der Waals surface area contributed by atoms with E-state index in [1.165, 1.54) is 12.8 Å². The molecule has 0 bridgehead atoms. The van der Waals surface area contributed by atoms with Crippen LogP contribution in [0.5, 0.6) is 0 Å². The van der Waals surface area contributed by atoms with Gasteiger partial charge in [0.1, 0.15) is 9.90 Å². The van der Waals surface area contributed by atoms with Crippen LogP contribution in [0.2, 0.25) is 0 Å². The summed E-state index contributed by atoms with van der Waals surface area (Å²) in [7, 11) is -1.24. The highest BCUT2D eigenvalue weighted by molar-refractivity contribution is 7.91. The van der Waals surface area contributed by atoms with Crippen LogP contribution in [0.25, 0.3) is 0 Å². The summed E-state index contributed by atoms with van der Waals surface area (Å²) in [4.78, 5) is 2.47. The zero-order valence-electron chi connectivity index (χ0n) is 11.9. The van der Waals surface area contributed by atoms with Crippen molar-refractivity contribution in [3.63, 3.8) is 0 Å². The Labute approximate surface area is 124 Å². The maximum Gasteiger partial charge on any atom is 0.185 e. The molecule has 0 atom stereocenters. The molecule has 1 aromatic rings. The number of hydrogen-bond donors (Lipinski definition) is 2. The van der Waals surface area contributed by atoms with Crippen molar-refractivity contribution >= 4 is 32.2 Å². The number of hydrogen-bond acceptors (Lipinski definition) is 7. The lowest BCUT2D eigenvalue weighted by atomic mass is 10.5. The number of aromatic nitrogens is 1. The van der Waals surface area contributed by atoms with Gasteiger partial charge in [0.25, 0.3) is 0 Å². The molecule has 2 rings (SSSR count). The van der Waals surface area contributed by atoms with Crippen molar-refractivity contribution < 1.29 is 8.42 Å². The van der Waals surface area contributed by atoms with E-state index in [0.717, 1.165) is 18.1 Å². The summed E-state index contributed by atoms with van der Waals surface area (Å²) in [6, 6.07) is 0.701. The van der Waals surface area contributed by atoms with Gasteiger partial charge in [0.05, 0.1) is 5.75 Å². The summed E-state index contributed by atoms with van der Waals surface area (Å²) in [6.07, 6.45) is 3.10. The topological polar surface area (TPSA) is 88.3 Å². The molecule has 0 radical (unpaired) electrons. The first-order valence-electron chi connectivity index (χ1n) is 6.87. The summed E-state index contributed by atoms with van der Waals surface area (Å²) in [5.74, 6) is 0.216. The third-order valence-electron chi connectivity index (χ3n) is 3.38. The van der Waals surface area contributed by atoms with Gasteiger partial charge in [-0.05, 0) is 37.8 Å². The van der Waals surface area contributed by atoms with E-state index in [9.17, 15) is 8.42 Å². The molecule has 0 aromatic carbocycles. The number of nitrogens with zero attached hydrogens (tertiary/aromatic N) is 2. The van der Waals surface area contributed by atoms with Crippen LogP contribution in [0, 0.1) is 0 Å². The third kappa shape index (κ3) is 3.62. The Morgan fingerprint density at radius 3 is 2.80 bits per heavy atom. The molecule has 8 heteroatoms. The first-order valence-corrected chi connectivity index (χ1v) is 9.30. The Morgan fingerprint density at radius 2 is 2.20 bits per heavy atom. The molecule has 3 N–H and O–H groups in total. The summed E-state index contributed by atoms with van der Waals surface area (Å²) < 4.78 is 28.3. The second kappa shape index (κ2) is 6.28. The predicted molar refractivity (Wildman–Crippen MR) is 83.0 cm³/mol. The zero-order valence-corrected chi connectivity index (χ0v) is 13.6. The molecule has 1 aliphatic rings. The minimum Gasteiger partial charge on any atom is -0.382 e. The Morgan fingerprint density at radius 1 is 1.50 bits per heavy atom. The third-order valence-corrected chi connectivity index (χ3v) is 6.31. The number of anilines is 2. The Kier molecular flexibility index (Phi) is 4.87. The van der Waals surface area contributed by atoms with Crippen LogP contribution in [0.4, 0.5) is 10.8 Å². The average Bonchev–Trinajstić information content (AvgIpc) is 3.14. The van der Waals surface area contributed by atoms with E-state index >= 15 is 0 Å². The van der Waals surface area contributed by atoms with Gasteiger partial charge in [-0.1, -0.05) is 6.92 Å². The minimum absolute atomic E-state index is 0.103. The SMILES string of the molecule is CCCS(=O)(=O)c1c(N)nsc1NCCN(C)C1CC1. The molecular formula is C12H22N4O2S2. The molecule has 0 unspecified atom stereocenters. The lowest BCUT2D eigenvalue weighted by molar-refractivity contribution is 0.337. The van der Waals surface area contributed by atoms with Crippen molar-refractivity contribution in [1.82, 2.24) is 9.27 Å². The monoisotopic (exact) mass is 318 g/mol. The van der Waals surface area contributed by atoms with E-state index in [-0.39, 0.29) is 16.5 Å². The molecule has 0 aliphatic heterocycles. The van der Waals surface area contributed by atoms with Crippen LogP contribution < -0.4 is 11.1 Å². The van der Waals surface area contributed by atoms with Gasteiger partial charge in [0.2, 0.25) is 0 Å². The molecule has 1 saturated carbocycles. The summed E-state index contributed by atoms with van der Waals surface area (Å²) in [5.41, 5.74) is 5.72. The summed E-state index contributed by atoms with van der Waals surface area (Å²) >= 11 is 1.12. The van der Waals surface area contributed by atoms with Gasteiger partial charge in [0.15, 0.2) is 15.7 Å². The number of likely N-dealkylation sites (N-methyl/N-ethyl adjacent to an activating group) is 1. The van der Waals surface area contributed by atoms with Crippen LogP contribution in [-0.4, -0.2) is 49.6 Å². The first-order chi connectivity index (χ1) is 9.45. The quantitative estimate of drug-likeness (QED) is 0.753. The average molecular weight is 318 g/mol. The maximum atomic E-state index is 12.2. The minimum atomic E-state index is -3.34. The van der Waals surface area contributed by atoms with E-state index < -0.39 is 9.84 Å². The van der Waals surface area contributed by atoms with Crippen LogP contribution in [-0.2, 0) is 9.84 Å². The Bertz CT molecular complexity index is 552. The number of nitrogen functional groups attached to an aromatic ring is 1. The van der Waals surface area contributed by atoms with E-state index in [0.29, 0.717) is 24.0 Å². The van der Waals surface area contributed by atoms with Gasteiger partial charge in [0, 0.05) is 19.1 Å². The van der Waals surface area contributed by atoms with E-state index in [1.54, 1.807) is 0 Å². The number of nitrogens with two attached hydrogens (primary N) is 1. The molecule has 114 valence electrons. The van der Waals surface area contributed by atoms with E-state index in [2.05, 4.69) is 21.6 Å². The molecule has 6 nitrogen and oxygen atoms in total. The van der Waals surface area contributed by atoms with Crippen molar-refractivity contribution in [2.45, 2.75) is 37.1 Å². The van der Waals surface area contributed by atoms with Gasteiger partial charge >= 0.3 is 0 Å². The predicted octanol–water partition coefficient (Wildman–Crippen LogP) is 1.42. The zero-order chi connectivity index (χ0) is 14.8. The molecule has 1 aliphatic carbocycles. The summed E-state index contributed by atoms with van der Waals surface area (Å²) in [5, 5.41) is 3.74. The highest BCUT2D eigenvalue weighted by Crippen LogP contribution is 2.32. The molecule has 20 heavy (non-hydrogen) atoms. The van der Waals surface area contributed by atoms with Crippen molar-refractivity contribution in [3.8, 4) is 0 Å². The largest absolute Gasteiger partial charge is 0.382 e. The van der Waals surface area contributed by atoms with Crippen LogP contribution in [0.15, 0.2) is 4.90 Å². The summed E-state index contributed by atoms with van der Waals surface area (Å²) in [6.45, 7) is 3.42. The maximum absolute atomic E-state index is 12.2. The lowest BCUT2D eigenvalue weighted by Crippen LogP contribution is -2.27. The number of sulfone groups is 1. The smallest absolute Gasteiger partial charge is 0.185 e. The molecule has 0 spiro atoms. The highest BCUT2D eigenvalue weighted by atomic mass is 32.2. The molecule has 0 amide bonds. The van der Waals surface area contributed by atoms with Gasteiger partial charge in [-0.3, -0.25) is 0 Å². The van der Waals surface area contributed by atoms with Crippen LogP contribution >= 0.6 is 11.5 Å². The molecule has 1 fully saturated rings. The van der Waals surface area contributed by atoms with Gasteiger partial charge in [-0.25, -0.2) is 8.42 Å². The standard InChI is InChI=1S/C12H22N4O2S2/c1-3-8-20(17,18)10-11(13)15-19-12(10)14-6-7-16(2)9-4-5-9/h9,14H,3-8H2,1-2H3,(H2,13,15). The first kappa shape index (κ1) is 15.5. The number of rotatable bonds is 8. The van der Waals surface area contributed by atoms with Crippen molar-refractivity contribution in [2.75, 3.05) is 36.9 Å². The molecule has 1 heterocycles. The Hall–Kier alpha value is -0.860. The molecule has 1 aromatic heterocycles. The fourth-order valence-corrected chi connectivity index (χ4v) is 4.77. The molecule has 0 saturated heterocycles. The second-order valence-corrected chi connectivity index (χ2v) is 8.00.